The van der Waals surface area contributed by atoms with Crippen molar-refractivity contribution in [2.24, 2.45) is 5.92 Å². The molecule has 176 valence electrons. The van der Waals surface area contributed by atoms with Crippen molar-refractivity contribution in [3.05, 3.63) is 46.6 Å². The number of benzene rings is 1. The van der Waals surface area contributed by atoms with Crippen LogP contribution in [0.15, 0.2) is 24.3 Å². The maximum Gasteiger partial charge on any atom is 0.262 e. The third-order valence-corrected chi connectivity index (χ3v) is 7.32. The van der Waals surface area contributed by atoms with Crippen molar-refractivity contribution in [3.8, 4) is 11.3 Å². The first-order valence-electron chi connectivity index (χ1n) is 12.1. The molecule has 0 bridgehead atoms. The lowest BCUT2D eigenvalue weighted by atomic mass is 9.79. The number of nitrogens with zero attached hydrogens (tertiary/aromatic N) is 1. The maximum atomic E-state index is 12.9. The van der Waals surface area contributed by atoms with Crippen molar-refractivity contribution < 1.29 is 4.79 Å². The predicted molar refractivity (Wildman–Crippen MR) is 140 cm³/mol. The Morgan fingerprint density at radius 2 is 1.53 bits per heavy atom. The number of hydrogen-bond acceptors (Lipinski definition) is 2. The number of rotatable bonds is 5. The van der Waals surface area contributed by atoms with Crippen LogP contribution in [-0.4, -0.2) is 16.7 Å². The van der Waals surface area contributed by atoms with Crippen LogP contribution >= 0.6 is 11.9 Å². The number of carbonyl (C=O) groups excluding carboxylic acids is 1. The van der Waals surface area contributed by atoms with Crippen LogP contribution in [0.4, 0.5) is 0 Å². The Hall–Kier alpha value is -1.68. The monoisotopic (exact) mass is 454 g/mol. The highest BCUT2D eigenvalue weighted by Gasteiger charge is 2.25. The van der Waals surface area contributed by atoms with Gasteiger partial charge in [0.15, 0.2) is 0 Å². The Morgan fingerprint density at radius 3 is 2.03 bits per heavy atom. The first-order chi connectivity index (χ1) is 14.9. The summed E-state index contributed by atoms with van der Waals surface area (Å²) in [6.45, 7) is 16.8. The van der Waals surface area contributed by atoms with Gasteiger partial charge in [-0.25, -0.2) is 0 Å². The van der Waals surface area contributed by atoms with E-state index in [1.807, 2.05) is 6.26 Å². The standard InChI is InChI=1S/C28H42N2OS/c1-19-24(26(31)29-32-8)17-25(30(19)18-20-12-10-9-11-13-20)21-14-22(27(2,3)4)16-23(15-21)28(5,6)7/h14-17,20H,9-13,18H2,1-8H3,(H,29,31). The molecule has 0 aliphatic heterocycles. The van der Waals surface area contributed by atoms with Crippen molar-refractivity contribution in [1.29, 1.82) is 0 Å². The van der Waals surface area contributed by atoms with Gasteiger partial charge in [-0.05, 0) is 71.4 Å². The molecule has 4 heteroatoms. The molecular formula is C28H42N2OS. The summed E-state index contributed by atoms with van der Waals surface area (Å²) < 4.78 is 5.36. The van der Waals surface area contributed by atoms with E-state index < -0.39 is 0 Å². The second-order valence-corrected chi connectivity index (χ2v) is 12.2. The first-order valence-corrected chi connectivity index (χ1v) is 13.3. The van der Waals surface area contributed by atoms with Gasteiger partial charge in [0.25, 0.3) is 5.91 Å². The summed E-state index contributed by atoms with van der Waals surface area (Å²) in [7, 11) is 0. The molecule has 1 fully saturated rings. The van der Waals surface area contributed by atoms with E-state index in [-0.39, 0.29) is 16.7 Å². The molecule has 0 saturated heterocycles. The third kappa shape index (κ3) is 5.62. The molecule has 1 aliphatic carbocycles. The minimum Gasteiger partial charge on any atom is -0.344 e. The highest BCUT2D eigenvalue weighted by atomic mass is 32.2. The Balaban J connectivity index is 2.18. The first kappa shape index (κ1) is 25.0. The third-order valence-electron chi connectivity index (χ3n) is 6.93. The zero-order valence-corrected chi connectivity index (χ0v) is 22.2. The lowest BCUT2D eigenvalue weighted by Gasteiger charge is -2.27. The van der Waals surface area contributed by atoms with E-state index in [2.05, 4.69) is 82.0 Å². The fraction of sp³-hybridized carbons (Fsp3) is 0.607. The van der Waals surface area contributed by atoms with Crippen LogP contribution in [0, 0.1) is 12.8 Å². The topological polar surface area (TPSA) is 34.0 Å². The second-order valence-electron chi connectivity index (χ2n) is 11.6. The fourth-order valence-corrected chi connectivity index (χ4v) is 5.06. The molecule has 1 aromatic heterocycles. The minimum absolute atomic E-state index is 0.00154. The Bertz CT molecular complexity index is 921. The predicted octanol–water partition coefficient (Wildman–Crippen LogP) is 7.65. The fourth-order valence-electron chi connectivity index (χ4n) is 4.77. The molecule has 0 spiro atoms. The summed E-state index contributed by atoms with van der Waals surface area (Å²) in [6.07, 6.45) is 8.49. The van der Waals surface area contributed by atoms with Crippen LogP contribution in [0.2, 0.25) is 0 Å². The lowest BCUT2D eigenvalue weighted by Crippen LogP contribution is -2.19. The summed E-state index contributed by atoms with van der Waals surface area (Å²) in [5.74, 6) is 0.694. The highest BCUT2D eigenvalue weighted by Crippen LogP contribution is 2.36. The molecule has 3 rings (SSSR count). The van der Waals surface area contributed by atoms with E-state index >= 15 is 0 Å². The number of hydrogen-bond donors (Lipinski definition) is 1. The van der Waals surface area contributed by atoms with Gasteiger partial charge in [-0.15, -0.1) is 0 Å². The van der Waals surface area contributed by atoms with Gasteiger partial charge in [0.05, 0.1) is 5.56 Å². The van der Waals surface area contributed by atoms with E-state index in [4.69, 9.17) is 0 Å². The van der Waals surface area contributed by atoms with Crippen LogP contribution in [-0.2, 0) is 17.4 Å². The smallest absolute Gasteiger partial charge is 0.262 e. The molecule has 1 aromatic carbocycles. The average Bonchev–Trinajstić information content (AvgIpc) is 3.04. The van der Waals surface area contributed by atoms with Gasteiger partial charge in [0, 0.05) is 24.2 Å². The Labute approximate surface area is 199 Å². The van der Waals surface area contributed by atoms with Crippen LogP contribution in [0.25, 0.3) is 11.3 Å². The summed E-state index contributed by atoms with van der Waals surface area (Å²) >= 11 is 1.36. The largest absolute Gasteiger partial charge is 0.344 e. The van der Waals surface area contributed by atoms with Gasteiger partial charge in [-0.2, -0.15) is 0 Å². The second kappa shape index (κ2) is 9.67. The number of aromatic nitrogens is 1. The van der Waals surface area contributed by atoms with Gasteiger partial charge in [-0.1, -0.05) is 78.8 Å². The molecule has 0 unspecified atom stereocenters. The zero-order chi connectivity index (χ0) is 23.7. The van der Waals surface area contributed by atoms with Gasteiger partial charge >= 0.3 is 0 Å². The van der Waals surface area contributed by atoms with Gasteiger partial charge in [0.1, 0.15) is 0 Å². The molecule has 0 atom stereocenters. The van der Waals surface area contributed by atoms with Crippen LogP contribution in [0.1, 0.15) is 101 Å². The molecule has 3 nitrogen and oxygen atoms in total. The Morgan fingerprint density at radius 1 is 0.969 bits per heavy atom. The molecule has 0 radical (unpaired) electrons. The number of amides is 1. The van der Waals surface area contributed by atoms with Crippen molar-refractivity contribution in [2.75, 3.05) is 6.26 Å². The van der Waals surface area contributed by atoms with E-state index in [0.29, 0.717) is 5.92 Å². The summed E-state index contributed by atoms with van der Waals surface area (Å²) in [6, 6.07) is 9.18. The summed E-state index contributed by atoms with van der Waals surface area (Å²) in [4.78, 5) is 12.9. The van der Waals surface area contributed by atoms with E-state index in [1.54, 1.807) is 0 Å². The van der Waals surface area contributed by atoms with Crippen molar-refractivity contribution in [3.63, 3.8) is 0 Å². The highest BCUT2D eigenvalue weighted by molar-refractivity contribution is 7.97. The van der Waals surface area contributed by atoms with E-state index in [1.165, 1.54) is 66.4 Å². The van der Waals surface area contributed by atoms with Crippen LogP contribution in [0.3, 0.4) is 0 Å². The molecule has 2 aromatic rings. The Kier molecular flexibility index (Phi) is 7.54. The SMILES string of the molecule is CSNC(=O)c1cc(-c2cc(C(C)(C)C)cc(C(C)(C)C)c2)n(CC2CCCCC2)c1C. The van der Waals surface area contributed by atoms with Crippen LogP contribution < -0.4 is 4.72 Å². The average molecular weight is 455 g/mol. The van der Waals surface area contributed by atoms with Gasteiger partial charge in [0.2, 0.25) is 0 Å². The molecular weight excluding hydrogens is 412 g/mol. The van der Waals surface area contributed by atoms with Crippen LogP contribution in [0.5, 0.6) is 0 Å². The molecule has 32 heavy (non-hydrogen) atoms. The van der Waals surface area contributed by atoms with E-state index in [9.17, 15) is 4.79 Å². The summed E-state index contributed by atoms with van der Waals surface area (Å²) in [5.41, 5.74) is 7.09. The number of carbonyl (C=O) groups is 1. The number of nitrogens with one attached hydrogen (secondary N) is 1. The lowest BCUT2D eigenvalue weighted by molar-refractivity contribution is 0.0983. The molecule has 1 amide bonds. The summed E-state index contributed by atoms with van der Waals surface area (Å²) in [5, 5.41) is 0. The van der Waals surface area contributed by atoms with Gasteiger partial charge < -0.3 is 4.57 Å². The van der Waals surface area contributed by atoms with Gasteiger partial charge in [-0.3, -0.25) is 9.52 Å². The van der Waals surface area contributed by atoms with Crippen molar-refractivity contribution in [2.45, 2.75) is 97.9 Å². The molecule has 1 aliphatic rings. The minimum atomic E-state index is 0.00154. The molecule has 1 N–H and O–H groups in total. The zero-order valence-electron chi connectivity index (χ0n) is 21.4. The van der Waals surface area contributed by atoms with Crippen molar-refractivity contribution in [1.82, 2.24) is 9.29 Å². The molecule has 1 saturated carbocycles. The quantitative estimate of drug-likeness (QED) is 0.471. The van der Waals surface area contributed by atoms with E-state index in [0.717, 1.165) is 17.8 Å². The maximum absolute atomic E-state index is 12.9. The molecule has 1 heterocycles. The normalized spacial score (nSPS) is 15.8. The van der Waals surface area contributed by atoms with Crippen molar-refractivity contribution >= 4 is 17.9 Å².